The normalized spacial score (nSPS) is 12.9. The van der Waals surface area contributed by atoms with E-state index in [4.69, 9.17) is 15.8 Å². The minimum Gasteiger partial charge on any atom is -0.341 e. The maximum absolute atomic E-state index is 13.4. The SMILES string of the molecule is Cc1nn(C(C)(C)C)c2nc(C(C)C)cc(C(=O)N(C)CC(C)(C)CN)c12. The fourth-order valence-corrected chi connectivity index (χ4v) is 3.22. The topological polar surface area (TPSA) is 77.0 Å². The van der Waals surface area contributed by atoms with Crippen LogP contribution >= 0.6 is 0 Å². The molecular formula is C21H35N5O. The predicted molar refractivity (Wildman–Crippen MR) is 111 cm³/mol. The van der Waals surface area contributed by atoms with Gasteiger partial charge in [-0.05, 0) is 51.6 Å². The Hall–Kier alpha value is -1.95. The number of fused-ring (bicyclic) bond motifs is 1. The van der Waals surface area contributed by atoms with Gasteiger partial charge in [0.05, 0.1) is 22.2 Å². The number of nitrogens with zero attached hydrogens (tertiary/aromatic N) is 4. The van der Waals surface area contributed by atoms with Crippen LogP contribution < -0.4 is 5.73 Å². The van der Waals surface area contributed by atoms with Crippen molar-refractivity contribution in [3.63, 3.8) is 0 Å². The number of carbonyl (C=O) groups excluding carboxylic acids is 1. The number of aromatic nitrogens is 3. The summed E-state index contributed by atoms with van der Waals surface area (Å²) in [6.45, 7) is 17.7. The number of hydrogen-bond acceptors (Lipinski definition) is 4. The van der Waals surface area contributed by atoms with Crippen molar-refractivity contribution in [1.82, 2.24) is 19.7 Å². The van der Waals surface area contributed by atoms with Gasteiger partial charge in [-0.1, -0.05) is 27.7 Å². The number of aryl methyl sites for hydroxylation is 1. The van der Waals surface area contributed by atoms with Crippen LogP contribution in [0, 0.1) is 12.3 Å². The first kappa shape index (κ1) is 21.4. The highest BCUT2D eigenvalue weighted by atomic mass is 16.2. The largest absolute Gasteiger partial charge is 0.341 e. The number of carbonyl (C=O) groups is 1. The van der Waals surface area contributed by atoms with Crippen LogP contribution in [0.15, 0.2) is 6.07 Å². The molecule has 0 aliphatic rings. The monoisotopic (exact) mass is 373 g/mol. The summed E-state index contributed by atoms with van der Waals surface area (Å²) in [5.74, 6) is 0.206. The lowest BCUT2D eigenvalue weighted by atomic mass is 9.93. The number of amides is 1. The predicted octanol–water partition coefficient (Wildman–Crippen LogP) is 3.68. The number of rotatable bonds is 5. The first-order valence-corrected chi connectivity index (χ1v) is 9.65. The highest BCUT2D eigenvalue weighted by molar-refractivity contribution is 6.06. The Labute approximate surface area is 163 Å². The molecule has 0 aromatic carbocycles. The van der Waals surface area contributed by atoms with Crippen LogP contribution in [0.5, 0.6) is 0 Å². The summed E-state index contributed by atoms with van der Waals surface area (Å²) in [5, 5.41) is 5.56. The van der Waals surface area contributed by atoms with Crippen LogP contribution in [0.2, 0.25) is 0 Å². The molecule has 2 aromatic heterocycles. The summed E-state index contributed by atoms with van der Waals surface area (Å²) in [6, 6.07) is 1.93. The second kappa shape index (κ2) is 7.23. The van der Waals surface area contributed by atoms with Gasteiger partial charge in [0.2, 0.25) is 0 Å². The van der Waals surface area contributed by atoms with Crippen LogP contribution in [0.25, 0.3) is 11.0 Å². The maximum Gasteiger partial charge on any atom is 0.254 e. The molecule has 2 aromatic rings. The van der Waals surface area contributed by atoms with Crippen molar-refractivity contribution >= 4 is 16.9 Å². The van der Waals surface area contributed by atoms with Crippen LogP contribution in [0.4, 0.5) is 0 Å². The fourth-order valence-electron chi connectivity index (χ4n) is 3.22. The Bertz CT molecular complexity index is 842. The maximum atomic E-state index is 13.4. The van der Waals surface area contributed by atoms with Crippen molar-refractivity contribution < 1.29 is 4.79 Å². The standard InChI is InChI=1S/C21H35N5O/c1-13(2)16-10-15(19(27)25(9)12-21(7,8)11-22)17-14(3)24-26(18(17)23-16)20(4,5)6/h10,13H,11-12,22H2,1-9H3. The lowest BCUT2D eigenvalue weighted by molar-refractivity contribution is 0.0742. The van der Waals surface area contributed by atoms with Gasteiger partial charge in [0.25, 0.3) is 5.91 Å². The zero-order chi connectivity index (χ0) is 20.7. The van der Waals surface area contributed by atoms with Crippen molar-refractivity contribution in [2.24, 2.45) is 11.1 Å². The Kier molecular flexibility index (Phi) is 5.71. The van der Waals surface area contributed by atoms with E-state index in [0.29, 0.717) is 18.7 Å². The van der Waals surface area contributed by atoms with Crippen LogP contribution in [0.3, 0.4) is 0 Å². The van der Waals surface area contributed by atoms with Gasteiger partial charge in [0.15, 0.2) is 5.65 Å². The summed E-state index contributed by atoms with van der Waals surface area (Å²) in [4.78, 5) is 20.0. The molecule has 0 aliphatic carbocycles. The molecule has 0 unspecified atom stereocenters. The number of pyridine rings is 1. The van der Waals surface area contributed by atoms with Crippen molar-refractivity contribution in [3.8, 4) is 0 Å². The first-order valence-electron chi connectivity index (χ1n) is 9.65. The summed E-state index contributed by atoms with van der Waals surface area (Å²) < 4.78 is 1.93. The van der Waals surface area contributed by atoms with Crippen molar-refractivity contribution in [3.05, 3.63) is 23.0 Å². The molecule has 2 N–H and O–H groups in total. The zero-order valence-corrected chi connectivity index (χ0v) is 18.3. The van der Waals surface area contributed by atoms with Gasteiger partial charge in [0, 0.05) is 19.3 Å². The summed E-state index contributed by atoms with van der Waals surface area (Å²) in [5.41, 5.74) is 8.69. The van der Waals surface area contributed by atoms with Gasteiger partial charge in [-0.3, -0.25) is 4.79 Å². The third kappa shape index (κ3) is 4.32. The smallest absolute Gasteiger partial charge is 0.254 e. The van der Waals surface area contributed by atoms with Crippen molar-refractivity contribution in [2.75, 3.05) is 20.1 Å². The molecule has 6 nitrogen and oxygen atoms in total. The van der Waals surface area contributed by atoms with Gasteiger partial charge in [-0.2, -0.15) is 5.10 Å². The van der Waals surface area contributed by atoms with E-state index in [1.807, 2.05) is 24.7 Å². The highest BCUT2D eigenvalue weighted by Crippen LogP contribution is 2.30. The van der Waals surface area contributed by atoms with E-state index in [1.165, 1.54) is 0 Å². The Morgan fingerprint density at radius 3 is 2.33 bits per heavy atom. The molecule has 0 radical (unpaired) electrons. The quantitative estimate of drug-likeness (QED) is 0.867. The van der Waals surface area contributed by atoms with Crippen molar-refractivity contribution in [2.45, 2.75) is 66.8 Å². The van der Waals surface area contributed by atoms with E-state index >= 15 is 0 Å². The highest BCUT2D eigenvalue weighted by Gasteiger charge is 2.28. The van der Waals surface area contributed by atoms with Gasteiger partial charge in [0.1, 0.15) is 0 Å². The van der Waals surface area contributed by atoms with Crippen LogP contribution in [-0.2, 0) is 5.54 Å². The van der Waals surface area contributed by atoms with E-state index in [9.17, 15) is 4.79 Å². The van der Waals surface area contributed by atoms with Gasteiger partial charge < -0.3 is 10.6 Å². The molecule has 0 atom stereocenters. The van der Waals surface area contributed by atoms with E-state index < -0.39 is 0 Å². The minimum absolute atomic E-state index is 0.0117. The second-order valence-corrected chi connectivity index (χ2v) is 9.65. The Morgan fingerprint density at radius 1 is 1.26 bits per heavy atom. The summed E-state index contributed by atoms with van der Waals surface area (Å²) in [7, 11) is 1.84. The fraction of sp³-hybridized carbons (Fsp3) is 0.667. The Morgan fingerprint density at radius 2 is 1.85 bits per heavy atom. The zero-order valence-electron chi connectivity index (χ0n) is 18.3. The molecule has 0 saturated heterocycles. The van der Waals surface area contributed by atoms with Crippen LogP contribution in [0.1, 0.15) is 76.1 Å². The molecular weight excluding hydrogens is 338 g/mol. The number of nitrogens with two attached hydrogens (primary N) is 1. The molecule has 150 valence electrons. The third-order valence-corrected chi connectivity index (χ3v) is 4.85. The third-order valence-electron chi connectivity index (χ3n) is 4.85. The average Bonchev–Trinajstić information content (AvgIpc) is 2.90. The minimum atomic E-state index is -0.219. The van der Waals surface area contributed by atoms with E-state index in [2.05, 4.69) is 48.5 Å². The molecule has 6 heteroatoms. The molecule has 1 amide bonds. The van der Waals surface area contributed by atoms with Crippen LogP contribution in [-0.4, -0.2) is 45.7 Å². The molecule has 2 rings (SSSR count). The lowest BCUT2D eigenvalue weighted by Crippen LogP contribution is -2.39. The molecule has 2 heterocycles. The lowest BCUT2D eigenvalue weighted by Gasteiger charge is -2.29. The molecule has 0 saturated carbocycles. The van der Waals surface area contributed by atoms with E-state index in [1.54, 1.807) is 4.90 Å². The first-order chi connectivity index (χ1) is 12.3. The van der Waals surface area contributed by atoms with Gasteiger partial charge in [-0.25, -0.2) is 9.67 Å². The molecule has 27 heavy (non-hydrogen) atoms. The molecule has 0 bridgehead atoms. The molecule has 0 fully saturated rings. The summed E-state index contributed by atoms with van der Waals surface area (Å²) >= 11 is 0. The second-order valence-electron chi connectivity index (χ2n) is 9.65. The van der Waals surface area contributed by atoms with Crippen molar-refractivity contribution in [1.29, 1.82) is 0 Å². The number of hydrogen-bond donors (Lipinski definition) is 1. The van der Waals surface area contributed by atoms with Gasteiger partial charge in [-0.15, -0.1) is 0 Å². The van der Waals surface area contributed by atoms with E-state index in [-0.39, 0.29) is 22.8 Å². The molecule has 0 spiro atoms. The van der Waals surface area contributed by atoms with E-state index in [0.717, 1.165) is 22.4 Å². The van der Waals surface area contributed by atoms with Gasteiger partial charge >= 0.3 is 0 Å². The average molecular weight is 374 g/mol. The Balaban J connectivity index is 2.68. The summed E-state index contributed by atoms with van der Waals surface area (Å²) in [6.07, 6.45) is 0. The molecule has 0 aliphatic heterocycles.